The molecule has 0 saturated heterocycles. The maximum absolute atomic E-state index is 13.0. The molecule has 0 aliphatic rings. The van der Waals surface area contributed by atoms with Crippen LogP contribution in [-0.4, -0.2) is 28.4 Å². The number of benzene rings is 2. The van der Waals surface area contributed by atoms with E-state index in [1.807, 2.05) is 30.3 Å². The van der Waals surface area contributed by atoms with Crippen LogP contribution < -0.4 is 10.1 Å². The zero-order valence-electron chi connectivity index (χ0n) is 18.1. The van der Waals surface area contributed by atoms with Gasteiger partial charge in [0, 0.05) is 37.0 Å². The lowest BCUT2D eigenvalue weighted by Crippen LogP contribution is -2.30. The van der Waals surface area contributed by atoms with Crippen molar-refractivity contribution in [3.63, 3.8) is 0 Å². The van der Waals surface area contributed by atoms with Crippen molar-refractivity contribution >= 4 is 5.91 Å². The van der Waals surface area contributed by atoms with Crippen LogP contribution in [0.25, 0.3) is 0 Å². The predicted octanol–water partition coefficient (Wildman–Crippen LogP) is 5.17. The third kappa shape index (κ3) is 6.62. The molecule has 1 N–H and O–H groups in total. The van der Waals surface area contributed by atoms with Crippen molar-refractivity contribution in [1.82, 2.24) is 15.2 Å². The van der Waals surface area contributed by atoms with Crippen molar-refractivity contribution in [2.24, 2.45) is 0 Å². The van der Waals surface area contributed by atoms with Crippen LogP contribution in [0.5, 0.6) is 11.6 Å². The molecule has 3 rings (SSSR count). The molecular weight excluding hydrogens is 393 g/mol. The minimum Gasteiger partial charge on any atom is -0.439 e. The quantitative estimate of drug-likeness (QED) is 0.518. The molecule has 0 unspecified atom stereocenters. The lowest BCUT2D eigenvalue weighted by atomic mass is 10.1. The number of nitrogens with one attached hydrogen (secondary N) is 1. The van der Waals surface area contributed by atoms with Crippen LogP contribution >= 0.6 is 0 Å². The number of rotatable bonds is 9. The molecule has 5 nitrogen and oxygen atoms in total. The van der Waals surface area contributed by atoms with Gasteiger partial charge in [0.1, 0.15) is 11.6 Å². The van der Waals surface area contributed by atoms with Gasteiger partial charge >= 0.3 is 0 Å². The average molecular weight is 422 g/mol. The molecule has 0 radical (unpaired) electrons. The van der Waals surface area contributed by atoms with Crippen molar-refractivity contribution in [2.45, 2.75) is 39.9 Å². The first-order valence-corrected chi connectivity index (χ1v) is 10.4. The number of hydrogen-bond donors (Lipinski definition) is 1. The average Bonchev–Trinajstić information content (AvgIpc) is 2.78. The van der Waals surface area contributed by atoms with E-state index in [2.05, 4.69) is 36.0 Å². The van der Waals surface area contributed by atoms with Gasteiger partial charge in [0.2, 0.25) is 5.88 Å². The van der Waals surface area contributed by atoms with Gasteiger partial charge in [-0.2, -0.15) is 0 Å². The van der Waals surface area contributed by atoms with E-state index in [0.717, 1.165) is 18.7 Å². The zero-order valence-corrected chi connectivity index (χ0v) is 18.1. The summed E-state index contributed by atoms with van der Waals surface area (Å²) in [5.74, 6) is 0.461. The standard InChI is InChI=1S/C25H28FN3O2/c1-4-29(18(2)3)17-19-5-8-21(9-6-19)25(30)28-16-20-7-14-24(27-15-20)31-23-12-10-22(26)11-13-23/h5-15,18H,4,16-17H2,1-3H3,(H,28,30). The van der Waals surface area contributed by atoms with Gasteiger partial charge in [0.25, 0.3) is 5.91 Å². The topological polar surface area (TPSA) is 54.5 Å². The second kappa shape index (κ2) is 10.7. The maximum Gasteiger partial charge on any atom is 0.251 e. The first-order valence-electron chi connectivity index (χ1n) is 10.4. The first kappa shape index (κ1) is 22.4. The van der Waals surface area contributed by atoms with Gasteiger partial charge < -0.3 is 10.1 Å². The smallest absolute Gasteiger partial charge is 0.251 e. The Morgan fingerprint density at radius 1 is 1.03 bits per heavy atom. The number of ether oxygens (including phenoxy) is 1. The highest BCUT2D eigenvalue weighted by molar-refractivity contribution is 5.94. The molecule has 0 aliphatic heterocycles. The van der Waals surface area contributed by atoms with Gasteiger partial charge in [-0.05, 0) is 67.9 Å². The number of carbonyl (C=O) groups excluding carboxylic acids is 1. The van der Waals surface area contributed by atoms with E-state index in [4.69, 9.17) is 4.74 Å². The van der Waals surface area contributed by atoms with Crippen LogP contribution in [0.4, 0.5) is 4.39 Å². The fourth-order valence-electron chi connectivity index (χ4n) is 3.14. The van der Waals surface area contributed by atoms with Gasteiger partial charge in [-0.3, -0.25) is 9.69 Å². The minimum absolute atomic E-state index is 0.130. The maximum atomic E-state index is 13.0. The van der Waals surface area contributed by atoms with Crippen LogP contribution in [0.2, 0.25) is 0 Å². The number of amides is 1. The minimum atomic E-state index is -0.320. The molecule has 0 spiro atoms. The normalized spacial score (nSPS) is 11.0. The fraction of sp³-hybridized carbons (Fsp3) is 0.280. The van der Waals surface area contributed by atoms with Crippen molar-refractivity contribution < 1.29 is 13.9 Å². The molecule has 1 heterocycles. The summed E-state index contributed by atoms with van der Waals surface area (Å²) in [7, 11) is 0. The SMILES string of the molecule is CCN(Cc1ccc(C(=O)NCc2ccc(Oc3ccc(F)cc3)nc2)cc1)C(C)C. The molecule has 0 atom stereocenters. The summed E-state index contributed by atoms with van der Waals surface area (Å²) >= 11 is 0. The second-order valence-corrected chi connectivity index (χ2v) is 7.60. The van der Waals surface area contributed by atoms with E-state index in [0.29, 0.717) is 29.8 Å². The summed E-state index contributed by atoms with van der Waals surface area (Å²) in [5.41, 5.74) is 2.67. The fourth-order valence-corrected chi connectivity index (χ4v) is 3.14. The third-order valence-corrected chi connectivity index (χ3v) is 5.02. The number of nitrogens with zero attached hydrogens (tertiary/aromatic N) is 2. The van der Waals surface area contributed by atoms with Gasteiger partial charge in [-0.25, -0.2) is 9.37 Å². The Bertz CT molecular complexity index is 971. The van der Waals surface area contributed by atoms with E-state index < -0.39 is 0 Å². The Labute approximate surface area is 182 Å². The van der Waals surface area contributed by atoms with Crippen molar-refractivity contribution in [3.8, 4) is 11.6 Å². The van der Waals surface area contributed by atoms with E-state index in [1.165, 1.54) is 17.7 Å². The Hall–Kier alpha value is -3.25. The molecule has 0 fully saturated rings. The number of pyridine rings is 1. The van der Waals surface area contributed by atoms with Crippen LogP contribution in [0.1, 0.15) is 42.3 Å². The molecule has 1 aromatic heterocycles. The van der Waals surface area contributed by atoms with Crippen LogP contribution in [-0.2, 0) is 13.1 Å². The third-order valence-electron chi connectivity index (χ3n) is 5.02. The molecule has 1 amide bonds. The van der Waals surface area contributed by atoms with E-state index in [1.54, 1.807) is 24.4 Å². The Morgan fingerprint density at radius 3 is 2.29 bits per heavy atom. The van der Waals surface area contributed by atoms with Crippen molar-refractivity contribution in [2.75, 3.05) is 6.54 Å². The molecule has 31 heavy (non-hydrogen) atoms. The van der Waals surface area contributed by atoms with Crippen LogP contribution in [0.3, 0.4) is 0 Å². The molecule has 0 bridgehead atoms. The highest BCUT2D eigenvalue weighted by atomic mass is 19.1. The monoisotopic (exact) mass is 421 g/mol. The largest absolute Gasteiger partial charge is 0.439 e. The number of halogens is 1. The number of hydrogen-bond acceptors (Lipinski definition) is 4. The predicted molar refractivity (Wildman–Crippen MR) is 120 cm³/mol. The van der Waals surface area contributed by atoms with E-state index >= 15 is 0 Å². The summed E-state index contributed by atoms with van der Waals surface area (Å²) in [6.07, 6.45) is 1.65. The summed E-state index contributed by atoms with van der Waals surface area (Å²) in [6, 6.07) is 17.5. The van der Waals surface area contributed by atoms with Gasteiger partial charge in [0.15, 0.2) is 0 Å². The molecule has 0 aliphatic carbocycles. The Balaban J connectivity index is 1.51. The second-order valence-electron chi connectivity index (χ2n) is 7.60. The van der Waals surface area contributed by atoms with Crippen molar-refractivity contribution in [1.29, 1.82) is 0 Å². The summed E-state index contributed by atoms with van der Waals surface area (Å²) in [5, 5.41) is 2.91. The lowest BCUT2D eigenvalue weighted by Gasteiger charge is -2.24. The molecule has 3 aromatic rings. The number of carbonyl (C=O) groups is 1. The van der Waals surface area contributed by atoms with Gasteiger partial charge in [0.05, 0.1) is 0 Å². The summed E-state index contributed by atoms with van der Waals surface area (Å²) in [6.45, 7) is 8.73. The van der Waals surface area contributed by atoms with Crippen LogP contribution in [0.15, 0.2) is 66.9 Å². The van der Waals surface area contributed by atoms with Gasteiger partial charge in [-0.1, -0.05) is 25.1 Å². The highest BCUT2D eigenvalue weighted by Gasteiger charge is 2.10. The Kier molecular flexibility index (Phi) is 7.73. The molecule has 2 aromatic carbocycles. The summed E-state index contributed by atoms with van der Waals surface area (Å²) < 4.78 is 18.5. The lowest BCUT2D eigenvalue weighted by molar-refractivity contribution is 0.0951. The zero-order chi connectivity index (χ0) is 22.2. The molecule has 162 valence electrons. The van der Waals surface area contributed by atoms with Crippen molar-refractivity contribution in [3.05, 3.63) is 89.4 Å². The highest BCUT2D eigenvalue weighted by Crippen LogP contribution is 2.19. The molecular formula is C25H28FN3O2. The van der Waals surface area contributed by atoms with Gasteiger partial charge in [-0.15, -0.1) is 0 Å². The van der Waals surface area contributed by atoms with Crippen LogP contribution in [0, 0.1) is 5.82 Å². The Morgan fingerprint density at radius 2 is 1.71 bits per heavy atom. The first-order chi connectivity index (χ1) is 14.9. The van der Waals surface area contributed by atoms with E-state index in [-0.39, 0.29) is 11.7 Å². The molecule has 6 heteroatoms. The molecule has 0 saturated carbocycles. The van der Waals surface area contributed by atoms with E-state index in [9.17, 15) is 9.18 Å². The summed E-state index contributed by atoms with van der Waals surface area (Å²) in [4.78, 5) is 19.1. The number of aromatic nitrogens is 1.